The number of rotatable bonds is 6. The Kier molecular flexibility index (Phi) is 5.18. The fourth-order valence-electron chi connectivity index (χ4n) is 2.02. The zero-order valence-electron chi connectivity index (χ0n) is 11.7. The highest BCUT2D eigenvalue weighted by molar-refractivity contribution is 5.75. The van der Waals surface area contributed by atoms with Crippen LogP contribution >= 0.6 is 0 Å². The van der Waals surface area contributed by atoms with Crippen LogP contribution in [0.25, 0.3) is 11.1 Å². The summed E-state index contributed by atoms with van der Waals surface area (Å²) in [4.78, 5) is 11.1. The minimum absolute atomic E-state index is 0.0891. The Bertz CT molecular complexity index is 535. The molecule has 0 aliphatic heterocycles. The van der Waals surface area contributed by atoms with Crippen molar-refractivity contribution in [3.8, 4) is 11.1 Å². The molecule has 1 amide bonds. The highest BCUT2D eigenvalue weighted by atomic mass is 16.1. The van der Waals surface area contributed by atoms with Gasteiger partial charge in [-0.05, 0) is 29.7 Å². The van der Waals surface area contributed by atoms with E-state index in [0.717, 1.165) is 18.7 Å². The number of amides is 1. The molecule has 2 aromatic carbocycles. The number of carbonyl (C=O) groups is 1. The van der Waals surface area contributed by atoms with Crippen LogP contribution in [0.1, 0.15) is 12.8 Å². The molecule has 2 rings (SSSR count). The SMILES string of the molecule is CNC(=O)CCCNc1ccc(-c2ccccc2)cc1. The fraction of sp³-hybridized carbons (Fsp3) is 0.235. The fourth-order valence-corrected chi connectivity index (χ4v) is 2.02. The van der Waals surface area contributed by atoms with Crippen molar-refractivity contribution in [3.05, 3.63) is 54.6 Å². The first kappa shape index (κ1) is 14.1. The van der Waals surface area contributed by atoms with Crippen molar-refractivity contribution < 1.29 is 4.79 Å². The van der Waals surface area contributed by atoms with Crippen molar-refractivity contribution in [2.45, 2.75) is 12.8 Å². The number of hydrogen-bond acceptors (Lipinski definition) is 2. The Morgan fingerprint density at radius 2 is 1.60 bits per heavy atom. The van der Waals surface area contributed by atoms with Crippen molar-refractivity contribution in [3.63, 3.8) is 0 Å². The van der Waals surface area contributed by atoms with Gasteiger partial charge in [-0.3, -0.25) is 4.79 Å². The first-order chi connectivity index (χ1) is 9.79. The van der Waals surface area contributed by atoms with E-state index in [0.29, 0.717) is 6.42 Å². The lowest BCUT2D eigenvalue weighted by Crippen LogP contribution is -2.18. The van der Waals surface area contributed by atoms with Crippen LogP contribution < -0.4 is 10.6 Å². The lowest BCUT2D eigenvalue weighted by atomic mass is 10.1. The van der Waals surface area contributed by atoms with Gasteiger partial charge in [-0.15, -0.1) is 0 Å². The van der Waals surface area contributed by atoms with Gasteiger partial charge in [-0.25, -0.2) is 0 Å². The van der Waals surface area contributed by atoms with Crippen LogP contribution in [0, 0.1) is 0 Å². The Labute approximate surface area is 120 Å². The van der Waals surface area contributed by atoms with E-state index in [-0.39, 0.29) is 5.91 Å². The third-order valence-corrected chi connectivity index (χ3v) is 3.18. The maximum absolute atomic E-state index is 11.1. The monoisotopic (exact) mass is 268 g/mol. The molecule has 2 N–H and O–H groups in total. The lowest BCUT2D eigenvalue weighted by Gasteiger charge is -2.07. The summed E-state index contributed by atoms with van der Waals surface area (Å²) in [7, 11) is 1.66. The van der Waals surface area contributed by atoms with Crippen molar-refractivity contribution in [1.29, 1.82) is 0 Å². The second kappa shape index (κ2) is 7.34. The standard InChI is InChI=1S/C17H20N2O/c1-18-17(20)8-5-13-19-16-11-9-15(10-12-16)14-6-3-2-4-7-14/h2-4,6-7,9-12,19H,5,8,13H2,1H3,(H,18,20). The summed E-state index contributed by atoms with van der Waals surface area (Å²) >= 11 is 0. The van der Waals surface area contributed by atoms with Gasteiger partial charge in [0.05, 0.1) is 0 Å². The van der Waals surface area contributed by atoms with Gasteiger partial charge in [0.15, 0.2) is 0 Å². The Morgan fingerprint density at radius 3 is 2.25 bits per heavy atom. The Morgan fingerprint density at radius 1 is 0.950 bits per heavy atom. The van der Waals surface area contributed by atoms with Crippen LogP contribution in [-0.4, -0.2) is 19.5 Å². The molecule has 0 saturated heterocycles. The van der Waals surface area contributed by atoms with E-state index >= 15 is 0 Å². The van der Waals surface area contributed by atoms with E-state index in [9.17, 15) is 4.79 Å². The maximum atomic E-state index is 11.1. The molecule has 0 radical (unpaired) electrons. The second-order valence-corrected chi connectivity index (χ2v) is 4.65. The molecule has 0 unspecified atom stereocenters. The molecule has 0 spiro atoms. The van der Waals surface area contributed by atoms with E-state index < -0.39 is 0 Å². The third-order valence-electron chi connectivity index (χ3n) is 3.18. The van der Waals surface area contributed by atoms with Crippen LogP contribution in [0.15, 0.2) is 54.6 Å². The van der Waals surface area contributed by atoms with E-state index in [2.05, 4.69) is 47.0 Å². The summed E-state index contributed by atoms with van der Waals surface area (Å²) < 4.78 is 0. The van der Waals surface area contributed by atoms with E-state index in [1.807, 2.05) is 18.2 Å². The second-order valence-electron chi connectivity index (χ2n) is 4.65. The van der Waals surface area contributed by atoms with Gasteiger partial charge in [0.25, 0.3) is 0 Å². The molecule has 0 saturated carbocycles. The number of hydrogen-bond donors (Lipinski definition) is 2. The molecule has 0 fully saturated rings. The molecular formula is C17H20N2O. The minimum Gasteiger partial charge on any atom is -0.385 e. The topological polar surface area (TPSA) is 41.1 Å². The summed E-state index contributed by atoms with van der Waals surface area (Å²) in [6.45, 7) is 0.804. The van der Waals surface area contributed by atoms with Gasteiger partial charge in [0.1, 0.15) is 0 Å². The number of anilines is 1. The predicted molar refractivity (Wildman–Crippen MR) is 83.7 cm³/mol. The maximum Gasteiger partial charge on any atom is 0.219 e. The van der Waals surface area contributed by atoms with Crippen LogP contribution in [-0.2, 0) is 4.79 Å². The number of carbonyl (C=O) groups excluding carboxylic acids is 1. The van der Waals surface area contributed by atoms with Gasteiger partial charge in [-0.2, -0.15) is 0 Å². The largest absolute Gasteiger partial charge is 0.385 e. The first-order valence-corrected chi connectivity index (χ1v) is 6.89. The van der Waals surface area contributed by atoms with Crippen molar-refractivity contribution >= 4 is 11.6 Å². The molecule has 3 nitrogen and oxygen atoms in total. The van der Waals surface area contributed by atoms with Gasteiger partial charge < -0.3 is 10.6 Å². The summed E-state index contributed by atoms with van der Waals surface area (Å²) in [5, 5.41) is 5.95. The highest BCUT2D eigenvalue weighted by Crippen LogP contribution is 2.20. The number of nitrogens with one attached hydrogen (secondary N) is 2. The zero-order valence-corrected chi connectivity index (χ0v) is 11.7. The van der Waals surface area contributed by atoms with Gasteiger partial charge in [0, 0.05) is 25.7 Å². The highest BCUT2D eigenvalue weighted by Gasteiger charge is 1.99. The van der Waals surface area contributed by atoms with Crippen LogP contribution in [0.2, 0.25) is 0 Å². The Balaban J connectivity index is 1.85. The van der Waals surface area contributed by atoms with E-state index in [1.165, 1.54) is 11.1 Å². The van der Waals surface area contributed by atoms with Gasteiger partial charge in [0.2, 0.25) is 5.91 Å². The third kappa shape index (κ3) is 4.12. The van der Waals surface area contributed by atoms with E-state index in [1.54, 1.807) is 7.05 Å². The van der Waals surface area contributed by atoms with Crippen LogP contribution in [0.4, 0.5) is 5.69 Å². The quantitative estimate of drug-likeness (QED) is 0.789. The summed E-state index contributed by atoms with van der Waals surface area (Å²) in [6.07, 6.45) is 1.39. The molecule has 0 aromatic heterocycles. The average Bonchev–Trinajstić information content (AvgIpc) is 2.52. The molecule has 0 aliphatic carbocycles. The van der Waals surface area contributed by atoms with Crippen molar-refractivity contribution in [2.75, 3.05) is 18.9 Å². The van der Waals surface area contributed by atoms with Crippen molar-refractivity contribution in [1.82, 2.24) is 5.32 Å². The molecule has 104 valence electrons. The molecule has 0 heterocycles. The lowest BCUT2D eigenvalue weighted by molar-refractivity contribution is -0.120. The zero-order chi connectivity index (χ0) is 14.2. The molecule has 20 heavy (non-hydrogen) atoms. The van der Waals surface area contributed by atoms with Crippen LogP contribution in [0.3, 0.4) is 0 Å². The smallest absolute Gasteiger partial charge is 0.219 e. The molecule has 0 aliphatic rings. The van der Waals surface area contributed by atoms with Gasteiger partial charge >= 0.3 is 0 Å². The molecule has 2 aromatic rings. The molecule has 3 heteroatoms. The molecular weight excluding hydrogens is 248 g/mol. The number of benzene rings is 2. The molecule has 0 bridgehead atoms. The van der Waals surface area contributed by atoms with Gasteiger partial charge in [-0.1, -0.05) is 42.5 Å². The first-order valence-electron chi connectivity index (χ1n) is 6.89. The summed E-state index contributed by atoms with van der Waals surface area (Å²) in [5.41, 5.74) is 3.52. The summed E-state index contributed by atoms with van der Waals surface area (Å²) in [5.74, 6) is 0.0891. The van der Waals surface area contributed by atoms with E-state index in [4.69, 9.17) is 0 Å². The Hall–Kier alpha value is -2.29. The minimum atomic E-state index is 0.0891. The predicted octanol–water partition coefficient (Wildman–Crippen LogP) is 3.29. The van der Waals surface area contributed by atoms with Crippen molar-refractivity contribution in [2.24, 2.45) is 0 Å². The van der Waals surface area contributed by atoms with Crippen LogP contribution in [0.5, 0.6) is 0 Å². The molecule has 0 atom stereocenters. The normalized spacial score (nSPS) is 10.1. The average molecular weight is 268 g/mol. The summed E-state index contributed by atoms with van der Waals surface area (Å²) in [6, 6.07) is 18.7.